The first kappa shape index (κ1) is 6.27. The topological polar surface area (TPSA) is 24.7 Å². The Hall–Kier alpha value is -0.730. The first-order valence-corrected chi connectivity index (χ1v) is 1.92. The Bertz CT molecular complexity index is 95.9. The molecule has 40 valence electrons. The maximum absolute atomic E-state index is 11.7. The molecule has 0 atom stereocenters. The van der Waals surface area contributed by atoms with Crippen LogP contribution in [0.2, 0.25) is 0 Å². The van der Waals surface area contributed by atoms with E-state index in [2.05, 4.69) is 9.98 Å². The molecule has 0 radical (unpaired) electrons. The fraction of sp³-hybridized carbons (Fsp3) is 0.500. The van der Waals surface area contributed by atoms with E-state index < -0.39 is 6.09 Å². The van der Waals surface area contributed by atoms with Crippen LogP contribution in [-0.2, 0) is 0 Å². The molecule has 0 spiro atoms. The Balaban J connectivity index is 3.58. The second-order valence-electron chi connectivity index (χ2n) is 0.880. The van der Waals surface area contributed by atoms with Crippen molar-refractivity contribution in [3.63, 3.8) is 0 Å². The second kappa shape index (κ2) is 3.46. The summed E-state index contributed by atoms with van der Waals surface area (Å²) < 4.78 is 11.7. The van der Waals surface area contributed by atoms with Crippen LogP contribution in [0.1, 0.15) is 6.92 Å². The predicted molar refractivity (Wildman–Crippen MR) is 28.6 cm³/mol. The monoisotopic (exact) mass is 102 g/mol. The van der Waals surface area contributed by atoms with Gasteiger partial charge in [-0.15, -0.1) is 0 Å². The molecular weight excluding hydrogens is 95.1 g/mol. The Kier molecular flexibility index (Phi) is 3.10. The number of aliphatic imine (C=N–C) groups is 2. The average Bonchev–Trinajstić information content (AvgIpc) is 1.68. The number of hydrogen-bond donors (Lipinski definition) is 0. The molecule has 0 amide bonds. The summed E-state index contributed by atoms with van der Waals surface area (Å²) in [6.07, 6.45) is 0.671. The zero-order valence-corrected chi connectivity index (χ0v) is 4.35. The molecule has 0 heterocycles. The number of rotatable bonds is 0. The van der Waals surface area contributed by atoms with Crippen LogP contribution in [0.25, 0.3) is 0 Å². The lowest BCUT2D eigenvalue weighted by molar-refractivity contribution is 0.787. The highest BCUT2D eigenvalue weighted by molar-refractivity contribution is 5.81. The minimum atomic E-state index is -0.678. The fourth-order valence-corrected chi connectivity index (χ4v) is 0.164. The summed E-state index contributed by atoms with van der Waals surface area (Å²) in [5.41, 5.74) is 0. The molecule has 0 saturated heterocycles. The summed E-state index contributed by atoms with van der Waals surface area (Å²) in [6, 6.07) is 0. The first-order chi connectivity index (χ1) is 3.31. The van der Waals surface area contributed by atoms with E-state index >= 15 is 0 Å². The van der Waals surface area contributed by atoms with Gasteiger partial charge in [-0.05, 0) is 6.92 Å². The Morgan fingerprint density at radius 1 is 1.71 bits per heavy atom. The zero-order chi connectivity index (χ0) is 5.70. The zero-order valence-electron chi connectivity index (χ0n) is 4.35. The summed E-state index contributed by atoms with van der Waals surface area (Å²) in [5, 5.41) is 0. The average molecular weight is 102 g/mol. The van der Waals surface area contributed by atoms with Gasteiger partial charge in [-0.1, -0.05) is 0 Å². The number of hydrogen-bond acceptors (Lipinski definition) is 1. The van der Waals surface area contributed by atoms with Crippen LogP contribution in [0, 0.1) is 0 Å². The highest BCUT2D eigenvalue weighted by atomic mass is 19.1. The Labute approximate surface area is 41.8 Å². The molecular formula is C4H7FN2. The van der Waals surface area contributed by atoms with Gasteiger partial charge in [0.1, 0.15) is 0 Å². The molecule has 0 aliphatic heterocycles. The van der Waals surface area contributed by atoms with Crippen molar-refractivity contribution in [3.8, 4) is 0 Å². The van der Waals surface area contributed by atoms with Gasteiger partial charge in [0.25, 0.3) is 0 Å². The molecule has 2 nitrogen and oxygen atoms in total. The molecule has 0 aliphatic rings. The minimum Gasteiger partial charge on any atom is -0.244 e. The van der Waals surface area contributed by atoms with Gasteiger partial charge in [0, 0.05) is 13.3 Å². The predicted octanol–water partition coefficient (Wildman–Crippen LogP) is 1.03. The van der Waals surface area contributed by atoms with Crippen LogP contribution in [0.3, 0.4) is 0 Å². The summed E-state index contributed by atoms with van der Waals surface area (Å²) in [4.78, 5) is 6.33. The fourth-order valence-electron chi connectivity index (χ4n) is 0.164. The standard InChI is InChI=1S/C4H7FN2/c1-3-7-4(5)6-2/h3H,1-2H3/b6-4-,7-3-. The van der Waals surface area contributed by atoms with Crippen molar-refractivity contribution >= 4 is 12.3 Å². The highest BCUT2D eigenvalue weighted by Crippen LogP contribution is 1.76. The molecule has 0 aromatic carbocycles. The van der Waals surface area contributed by atoms with Gasteiger partial charge in [-0.25, -0.2) is 9.98 Å². The summed E-state index contributed by atoms with van der Waals surface area (Å²) in [7, 11) is 1.35. The van der Waals surface area contributed by atoms with Gasteiger partial charge in [0.2, 0.25) is 0 Å². The van der Waals surface area contributed by atoms with Gasteiger partial charge < -0.3 is 0 Å². The summed E-state index contributed by atoms with van der Waals surface area (Å²) >= 11 is 0. The lowest BCUT2D eigenvalue weighted by Crippen LogP contribution is -1.79. The third kappa shape index (κ3) is 3.09. The van der Waals surface area contributed by atoms with Crippen LogP contribution in [0.4, 0.5) is 4.39 Å². The van der Waals surface area contributed by atoms with Crippen molar-refractivity contribution in [2.75, 3.05) is 7.05 Å². The van der Waals surface area contributed by atoms with Crippen LogP contribution >= 0.6 is 0 Å². The number of amidine groups is 1. The van der Waals surface area contributed by atoms with Crippen molar-refractivity contribution in [2.45, 2.75) is 6.92 Å². The third-order valence-corrected chi connectivity index (χ3v) is 0.420. The van der Waals surface area contributed by atoms with E-state index in [0.29, 0.717) is 0 Å². The first-order valence-electron chi connectivity index (χ1n) is 1.92. The quantitative estimate of drug-likeness (QED) is 0.248. The lowest BCUT2D eigenvalue weighted by atomic mass is 10.9. The molecule has 7 heavy (non-hydrogen) atoms. The summed E-state index contributed by atoms with van der Waals surface area (Å²) in [6.45, 7) is 1.63. The van der Waals surface area contributed by atoms with Gasteiger partial charge in [-0.3, -0.25) is 0 Å². The van der Waals surface area contributed by atoms with E-state index in [1.807, 2.05) is 0 Å². The summed E-state index contributed by atoms with van der Waals surface area (Å²) in [5.74, 6) is 0. The van der Waals surface area contributed by atoms with Gasteiger partial charge in [0.05, 0.1) is 0 Å². The molecule has 3 heteroatoms. The largest absolute Gasteiger partial charge is 0.303 e. The maximum Gasteiger partial charge on any atom is 0.303 e. The third-order valence-electron chi connectivity index (χ3n) is 0.420. The van der Waals surface area contributed by atoms with Crippen molar-refractivity contribution < 1.29 is 4.39 Å². The number of nitrogens with zero attached hydrogens (tertiary/aromatic N) is 2. The molecule has 0 fully saturated rings. The van der Waals surface area contributed by atoms with E-state index in [1.165, 1.54) is 13.3 Å². The highest BCUT2D eigenvalue weighted by Gasteiger charge is 1.79. The minimum absolute atomic E-state index is 0.678. The molecule has 0 N–H and O–H groups in total. The molecule has 0 aromatic rings. The van der Waals surface area contributed by atoms with Crippen LogP contribution in [0.5, 0.6) is 0 Å². The Morgan fingerprint density at radius 3 is 2.43 bits per heavy atom. The molecule has 0 aliphatic carbocycles. The molecule has 0 saturated carbocycles. The van der Waals surface area contributed by atoms with Crippen LogP contribution in [-0.4, -0.2) is 19.4 Å². The molecule has 0 bridgehead atoms. The van der Waals surface area contributed by atoms with E-state index in [9.17, 15) is 4.39 Å². The van der Waals surface area contributed by atoms with Crippen LogP contribution < -0.4 is 0 Å². The van der Waals surface area contributed by atoms with Crippen molar-refractivity contribution in [1.82, 2.24) is 0 Å². The molecule has 0 aromatic heterocycles. The normalized spacial score (nSPS) is 13.3. The van der Waals surface area contributed by atoms with E-state index in [0.717, 1.165) is 0 Å². The van der Waals surface area contributed by atoms with E-state index in [4.69, 9.17) is 0 Å². The smallest absolute Gasteiger partial charge is 0.244 e. The SMILES string of the molecule is C/C=N\C(F)=N/C. The lowest BCUT2D eigenvalue weighted by Gasteiger charge is -1.75. The van der Waals surface area contributed by atoms with E-state index in [-0.39, 0.29) is 0 Å². The number of halogens is 1. The Morgan fingerprint density at radius 2 is 2.29 bits per heavy atom. The van der Waals surface area contributed by atoms with Gasteiger partial charge >= 0.3 is 6.09 Å². The van der Waals surface area contributed by atoms with Crippen LogP contribution in [0.15, 0.2) is 9.98 Å². The van der Waals surface area contributed by atoms with Gasteiger partial charge in [-0.2, -0.15) is 4.39 Å². The molecule has 0 unspecified atom stereocenters. The maximum atomic E-state index is 11.7. The van der Waals surface area contributed by atoms with Crippen molar-refractivity contribution in [1.29, 1.82) is 0 Å². The van der Waals surface area contributed by atoms with Crippen molar-refractivity contribution in [3.05, 3.63) is 0 Å². The second-order valence-corrected chi connectivity index (χ2v) is 0.880. The van der Waals surface area contributed by atoms with Crippen molar-refractivity contribution in [2.24, 2.45) is 9.98 Å². The van der Waals surface area contributed by atoms with Gasteiger partial charge in [0.15, 0.2) is 0 Å². The molecule has 0 rings (SSSR count). The van der Waals surface area contributed by atoms with E-state index in [1.54, 1.807) is 6.92 Å².